The molecule has 20 heavy (non-hydrogen) atoms. The van der Waals surface area contributed by atoms with Crippen molar-refractivity contribution in [3.8, 4) is 6.07 Å². The minimum absolute atomic E-state index is 0.0425. The predicted molar refractivity (Wildman–Crippen MR) is 78.4 cm³/mol. The third kappa shape index (κ3) is 3.62. The summed E-state index contributed by atoms with van der Waals surface area (Å²) in [5.74, 6) is -0.0425. The van der Waals surface area contributed by atoms with E-state index < -0.39 is 0 Å². The van der Waals surface area contributed by atoms with E-state index in [1.54, 1.807) is 23.1 Å². The van der Waals surface area contributed by atoms with Crippen LogP contribution in [0.15, 0.2) is 18.2 Å². The van der Waals surface area contributed by atoms with Crippen LogP contribution in [-0.2, 0) is 0 Å². The van der Waals surface area contributed by atoms with Gasteiger partial charge in [0.25, 0.3) is 5.91 Å². The smallest absolute Gasteiger partial charge is 0.254 e. The van der Waals surface area contributed by atoms with Crippen LogP contribution < -0.4 is 5.73 Å². The Bertz CT molecular complexity index is 512. The van der Waals surface area contributed by atoms with E-state index in [2.05, 4.69) is 11.0 Å². The molecule has 0 aromatic heterocycles. The Hall–Kier alpha value is -1.77. The van der Waals surface area contributed by atoms with Crippen molar-refractivity contribution in [1.29, 1.82) is 5.26 Å². The molecule has 0 atom stereocenters. The highest BCUT2D eigenvalue weighted by molar-refractivity contribution is 6.31. The predicted octanol–water partition coefficient (Wildman–Crippen LogP) is 1.59. The molecule has 1 fully saturated rings. The Kier molecular flexibility index (Phi) is 4.83. The lowest BCUT2D eigenvalue weighted by Gasteiger charge is -2.34. The number of amides is 1. The first-order valence-corrected chi connectivity index (χ1v) is 6.92. The average molecular weight is 293 g/mol. The number of hydrogen-bond donors (Lipinski definition) is 1. The van der Waals surface area contributed by atoms with E-state index in [0.717, 1.165) is 19.6 Å². The van der Waals surface area contributed by atoms with Crippen molar-refractivity contribution in [3.05, 3.63) is 28.8 Å². The summed E-state index contributed by atoms with van der Waals surface area (Å²) >= 11 is 5.92. The summed E-state index contributed by atoms with van der Waals surface area (Å²) in [5, 5.41) is 9.05. The van der Waals surface area contributed by atoms with Crippen LogP contribution in [0.1, 0.15) is 16.8 Å². The van der Waals surface area contributed by atoms with Gasteiger partial charge in [0.1, 0.15) is 0 Å². The molecule has 5 nitrogen and oxygen atoms in total. The second-order valence-corrected chi connectivity index (χ2v) is 5.25. The number of halogens is 1. The maximum absolute atomic E-state index is 12.4. The molecule has 106 valence electrons. The summed E-state index contributed by atoms with van der Waals surface area (Å²) in [5.41, 5.74) is 6.73. The minimum atomic E-state index is -0.0425. The van der Waals surface area contributed by atoms with Gasteiger partial charge in [0.05, 0.1) is 6.07 Å². The topological polar surface area (TPSA) is 73.4 Å². The molecule has 1 saturated heterocycles. The lowest BCUT2D eigenvalue weighted by Crippen LogP contribution is -2.48. The number of hydrogen-bond acceptors (Lipinski definition) is 4. The van der Waals surface area contributed by atoms with Gasteiger partial charge in [0, 0.05) is 55.4 Å². The highest BCUT2D eigenvalue weighted by atomic mass is 35.5. The molecule has 1 aromatic rings. The molecule has 0 unspecified atom stereocenters. The molecule has 1 heterocycles. The quantitative estimate of drug-likeness (QED) is 0.859. The summed E-state index contributed by atoms with van der Waals surface area (Å²) in [4.78, 5) is 16.4. The van der Waals surface area contributed by atoms with Crippen molar-refractivity contribution in [3.63, 3.8) is 0 Å². The van der Waals surface area contributed by atoms with E-state index in [1.165, 1.54) is 0 Å². The van der Waals surface area contributed by atoms with E-state index in [1.807, 2.05) is 0 Å². The molecule has 1 aromatic carbocycles. The summed E-state index contributed by atoms with van der Waals surface area (Å²) in [6, 6.07) is 7.05. The SMILES string of the molecule is N#CCCN1CCN(C(=O)c2cc(N)cc(Cl)c2)CC1. The standard InChI is InChI=1S/C14H17ClN4O/c15-12-8-11(9-13(17)10-12)14(20)19-6-4-18(5-7-19)3-1-2-16/h8-10H,1,3-7,17H2. The first-order valence-electron chi connectivity index (χ1n) is 6.55. The number of nitrogens with zero attached hydrogens (tertiary/aromatic N) is 3. The van der Waals surface area contributed by atoms with Gasteiger partial charge >= 0.3 is 0 Å². The van der Waals surface area contributed by atoms with Gasteiger partial charge in [-0.1, -0.05) is 11.6 Å². The maximum atomic E-state index is 12.4. The summed E-state index contributed by atoms with van der Waals surface area (Å²) in [6.07, 6.45) is 0.527. The Morgan fingerprint density at radius 3 is 2.60 bits per heavy atom. The average Bonchev–Trinajstić information content (AvgIpc) is 2.44. The van der Waals surface area contributed by atoms with E-state index in [-0.39, 0.29) is 5.91 Å². The van der Waals surface area contributed by atoms with Crippen molar-refractivity contribution in [2.75, 3.05) is 38.5 Å². The molecule has 0 aliphatic carbocycles. The Labute approximate surface area is 123 Å². The first kappa shape index (κ1) is 14.6. The van der Waals surface area contributed by atoms with Crippen molar-refractivity contribution in [1.82, 2.24) is 9.80 Å². The van der Waals surface area contributed by atoms with Crippen LogP contribution in [0.25, 0.3) is 0 Å². The van der Waals surface area contributed by atoms with E-state index in [9.17, 15) is 4.79 Å². The molecular formula is C14H17ClN4O. The highest BCUT2D eigenvalue weighted by Gasteiger charge is 2.22. The van der Waals surface area contributed by atoms with Crippen molar-refractivity contribution < 1.29 is 4.79 Å². The van der Waals surface area contributed by atoms with Crippen LogP contribution >= 0.6 is 11.6 Å². The monoisotopic (exact) mass is 292 g/mol. The van der Waals surface area contributed by atoms with E-state index >= 15 is 0 Å². The number of nitriles is 1. The fourth-order valence-electron chi connectivity index (χ4n) is 2.30. The van der Waals surface area contributed by atoms with Gasteiger partial charge in [-0.05, 0) is 18.2 Å². The van der Waals surface area contributed by atoms with Gasteiger partial charge in [-0.2, -0.15) is 5.26 Å². The third-order valence-corrected chi connectivity index (χ3v) is 3.58. The molecular weight excluding hydrogens is 276 g/mol. The largest absolute Gasteiger partial charge is 0.399 e. The summed E-state index contributed by atoms with van der Waals surface area (Å²) in [7, 11) is 0. The fourth-order valence-corrected chi connectivity index (χ4v) is 2.54. The molecule has 0 radical (unpaired) electrons. The lowest BCUT2D eigenvalue weighted by atomic mass is 10.1. The van der Waals surface area contributed by atoms with Gasteiger partial charge in [0.15, 0.2) is 0 Å². The number of anilines is 1. The summed E-state index contributed by atoms with van der Waals surface area (Å²) < 4.78 is 0. The van der Waals surface area contributed by atoms with Gasteiger partial charge in [-0.15, -0.1) is 0 Å². The Balaban J connectivity index is 1.96. The zero-order chi connectivity index (χ0) is 14.5. The number of nitrogen functional groups attached to an aromatic ring is 1. The van der Waals surface area contributed by atoms with E-state index in [0.29, 0.717) is 35.8 Å². The van der Waals surface area contributed by atoms with Gasteiger partial charge < -0.3 is 10.6 Å². The van der Waals surface area contributed by atoms with Crippen LogP contribution in [0, 0.1) is 11.3 Å². The zero-order valence-electron chi connectivity index (χ0n) is 11.2. The molecule has 2 rings (SSSR count). The molecule has 1 aliphatic rings. The number of piperazine rings is 1. The molecule has 1 amide bonds. The van der Waals surface area contributed by atoms with Crippen molar-refractivity contribution >= 4 is 23.2 Å². The summed E-state index contributed by atoms with van der Waals surface area (Å²) in [6.45, 7) is 3.68. The fraction of sp³-hybridized carbons (Fsp3) is 0.429. The van der Waals surface area contributed by atoms with Crippen LogP contribution in [0.4, 0.5) is 5.69 Å². The molecule has 1 aliphatic heterocycles. The van der Waals surface area contributed by atoms with Gasteiger partial charge in [-0.3, -0.25) is 9.69 Å². The van der Waals surface area contributed by atoms with E-state index in [4.69, 9.17) is 22.6 Å². The van der Waals surface area contributed by atoms with Crippen LogP contribution in [0.2, 0.25) is 5.02 Å². The molecule has 0 bridgehead atoms. The Morgan fingerprint density at radius 1 is 1.30 bits per heavy atom. The third-order valence-electron chi connectivity index (χ3n) is 3.37. The lowest BCUT2D eigenvalue weighted by molar-refractivity contribution is 0.0640. The van der Waals surface area contributed by atoms with Crippen LogP contribution in [-0.4, -0.2) is 48.4 Å². The number of carbonyl (C=O) groups is 1. The number of rotatable bonds is 3. The number of benzene rings is 1. The number of nitrogens with two attached hydrogens (primary N) is 1. The van der Waals surface area contributed by atoms with Crippen molar-refractivity contribution in [2.24, 2.45) is 0 Å². The van der Waals surface area contributed by atoms with Crippen LogP contribution in [0.3, 0.4) is 0 Å². The molecule has 6 heteroatoms. The highest BCUT2D eigenvalue weighted by Crippen LogP contribution is 2.18. The molecule has 2 N–H and O–H groups in total. The first-order chi connectivity index (χ1) is 9.60. The zero-order valence-corrected chi connectivity index (χ0v) is 11.9. The molecule has 0 spiro atoms. The van der Waals surface area contributed by atoms with Gasteiger partial charge in [0.2, 0.25) is 0 Å². The molecule has 0 saturated carbocycles. The van der Waals surface area contributed by atoms with Gasteiger partial charge in [-0.25, -0.2) is 0 Å². The second-order valence-electron chi connectivity index (χ2n) is 4.82. The van der Waals surface area contributed by atoms with Crippen molar-refractivity contribution in [2.45, 2.75) is 6.42 Å². The second kappa shape index (κ2) is 6.60. The number of carbonyl (C=O) groups excluding carboxylic acids is 1. The Morgan fingerprint density at radius 2 is 2.00 bits per heavy atom. The minimum Gasteiger partial charge on any atom is -0.399 e. The van der Waals surface area contributed by atoms with Crippen LogP contribution in [0.5, 0.6) is 0 Å². The normalized spacial score (nSPS) is 15.9. The maximum Gasteiger partial charge on any atom is 0.254 e.